The van der Waals surface area contributed by atoms with Crippen LogP contribution in [0.4, 0.5) is 5.95 Å². The third-order valence-electron chi connectivity index (χ3n) is 6.76. The van der Waals surface area contributed by atoms with Crippen LogP contribution in [0.1, 0.15) is 5.56 Å². The van der Waals surface area contributed by atoms with E-state index in [-0.39, 0.29) is 0 Å². The van der Waals surface area contributed by atoms with Crippen molar-refractivity contribution in [2.75, 3.05) is 38.2 Å². The van der Waals surface area contributed by atoms with Gasteiger partial charge in [0.25, 0.3) is 0 Å². The van der Waals surface area contributed by atoms with E-state index in [0.29, 0.717) is 54.2 Å². The highest BCUT2D eigenvalue weighted by Crippen LogP contribution is 2.33. The number of piperazine rings is 1. The Morgan fingerprint density at radius 2 is 1.54 bits per heavy atom. The molecular formula is C27H26N6O3S. The van der Waals surface area contributed by atoms with Gasteiger partial charge in [-0.05, 0) is 43.3 Å². The molecule has 0 atom stereocenters. The van der Waals surface area contributed by atoms with E-state index in [1.165, 1.54) is 0 Å². The second-order valence-corrected chi connectivity index (χ2v) is 11.0. The molecule has 1 saturated heterocycles. The smallest absolute Gasteiger partial charge is 0.243 e. The number of benzene rings is 3. The Labute approximate surface area is 215 Å². The third kappa shape index (κ3) is 3.98. The molecule has 9 nitrogen and oxygen atoms in total. The summed E-state index contributed by atoms with van der Waals surface area (Å²) >= 11 is 0. The van der Waals surface area contributed by atoms with E-state index in [1.807, 2.05) is 72.0 Å². The summed E-state index contributed by atoms with van der Waals surface area (Å²) in [4.78, 5) is 7.41. The molecule has 3 heterocycles. The van der Waals surface area contributed by atoms with Crippen molar-refractivity contribution in [3.63, 3.8) is 0 Å². The third-order valence-corrected chi connectivity index (χ3v) is 8.67. The van der Waals surface area contributed by atoms with Crippen LogP contribution in [0.25, 0.3) is 27.9 Å². The quantitative estimate of drug-likeness (QED) is 0.352. The number of methoxy groups -OCH3 is 1. The molecule has 37 heavy (non-hydrogen) atoms. The largest absolute Gasteiger partial charge is 0.496 e. The average molecular weight is 515 g/mol. The molecule has 0 radical (unpaired) electrons. The highest BCUT2D eigenvalue weighted by atomic mass is 32.2. The van der Waals surface area contributed by atoms with Crippen molar-refractivity contribution in [2.24, 2.45) is 0 Å². The van der Waals surface area contributed by atoms with Gasteiger partial charge < -0.3 is 9.64 Å². The minimum atomic E-state index is -3.57. The number of anilines is 1. The molecule has 0 saturated carbocycles. The number of rotatable bonds is 5. The number of aryl methyl sites for hydroxylation is 1. The summed E-state index contributed by atoms with van der Waals surface area (Å²) in [5.74, 6) is 1.98. The SMILES string of the molecule is COc1ccccc1-c1nnc2c3ccccc3nc(N3CCN(S(=O)(=O)c4ccc(C)cc4)CC3)n12. The van der Waals surface area contributed by atoms with Crippen LogP contribution in [0.2, 0.25) is 0 Å². The van der Waals surface area contributed by atoms with Crippen LogP contribution in [-0.2, 0) is 10.0 Å². The lowest BCUT2D eigenvalue weighted by molar-refractivity contribution is 0.382. The van der Waals surface area contributed by atoms with E-state index in [9.17, 15) is 8.42 Å². The van der Waals surface area contributed by atoms with Gasteiger partial charge in [0.1, 0.15) is 5.75 Å². The molecule has 3 aromatic carbocycles. The second kappa shape index (κ2) is 9.13. The van der Waals surface area contributed by atoms with Gasteiger partial charge in [-0.1, -0.05) is 42.0 Å². The Bertz CT molecular complexity index is 1710. The fraction of sp³-hybridized carbons (Fsp3) is 0.222. The molecule has 1 fully saturated rings. The molecule has 2 aromatic heterocycles. The van der Waals surface area contributed by atoms with Gasteiger partial charge in [0, 0.05) is 31.6 Å². The molecule has 0 spiro atoms. The number of hydrogen-bond donors (Lipinski definition) is 0. The van der Waals surface area contributed by atoms with Crippen molar-refractivity contribution in [1.29, 1.82) is 0 Å². The number of hydrogen-bond acceptors (Lipinski definition) is 7. The van der Waals surface area contributed by atoms with Gasteiger partial charge in [0.2, 0.25) is 16.0 Å². The maximum atomic E-state index is 13.2. The van der Waals surface area contributed by atoms with Crippen molar-refractivity contribution in [1.82, 2.24) is 23.9 Å². The van der Waals surface area contributed by atoms with Crippen LogP contribution in [0, 0.1) is 6.92 Å². The van der Waals surface area contributed by atoms with E-state index in [0.717, 1.165) is 22.0 Å². The van der Waals surface area contributed by atoms with Gasteiger partial charge in [-0.25, -0.2) is 17.8 Å². The summed E-state index contributed by atoms with van der Waals surface area (Å²) in [6, 6.07) is 22.5. The van der Waals surface area contributed by atoms with Crippen LogP contribution in [0.15, 0.2) is 77.7 Å². The van der Waals surface area contributed by atoms with Crippen LogP contribution in [0.5, 0.6) is 5.75 Å². The number of sulfonamides is 1. The first kappa shape index (κ1) is 23.4. The van der Waals surface area contributed by atoms with Crippen molar-refractivity contribution < 1.29 is 13.2 Å². The molecule has 188 valence electrons. The number of nitrogens with zero attached hydrogens (tertiary/aromatic N) is 6. The average Bonchev–Trinajstić information content (AvgIpc) is 3.38. The summed E-state index contributed by atoms with van der Waals surface area (Å²) in [6.07, 6.45) is 0. The van der Waals surface area contributed by atoms with Crippen LogP contribution < -0.4 is 9.64 Å². The molecule has 1 aliphatic heterocycles. The molecule has 5 aromatic rings. The van der Waals surface area contributed by atoms with Gasteiger partial charge in [0.05, 0.1) is 23.1 Å². The van der Waals surface area contributed by atoms with E-state index < -0.39 is 10.0 Å². The summed E-state index contributed by atoms with van der Waals surface area (Å²) in [5.41, 5.74) is 3.32. The number of para-hydroxylation sites is 2. The zero-order valence-electron chi connectivity index (χ0n) is 20.6. The van der Waals surface area contributed by atoms with Crippen LogP contribution in [-0.4, -0.2) is 65.6 Å². The Hall–Kier alpha value is -4.02. The molecule has 6 rings (SSSR count). The zero-order valence-corrected chi connectivity index (χ0v) is 21.4. The summed E-state index contributed by atoms with van der Waals surface area (Å²) in [7, 11) is -1.94. The predicted octanol–water partition coefficient (Wildman–Crippen LogP) is 3.77. The Morgan fingerprint density at radius 3 is 2.30 bits per heavy atom. The molecule has 0 aliphatic carbocycles. The van der Waals surface area contributed by atoms with E-state index >= 15 is 0 Å². The minimum absolute atomic E-state index is 0.315. The standard InChI is InChI=1S/C27H26N6O3S/c1-19-11-13-20(14-12-19)37(34,35)32-17-15-31(16-18-32)27-28-23-9-5-3-7-21(23)25-29-30-26(33(25)27)22-8-4-6-10-24(22)36-2/h3-14H,15-18H2,1-2H3. The molecule has 0 amide bonds. The topological polar surface area (TPSA) is 92.9 Å². The fourth-order valence-electron chi connectivity index (χ4n) is 4.77. The van der Waals surface area contributed by atoms with E-state index in [2.05, 4.69) is 15.1 Å². The molecule has 0 bridgehead atoms. The Morgan fingerprint density at radius 1 is 0.838 bits per heavy atom. The molecular weight excluding hydrogens is 488 g/mol. The Kier molecular flexibility index (Phi) is 5.77. The van der Waals surface area contributed by atoms with Gasteiger partial charge in [-0.15, -0.1) is 10.2 Å². The van der Waals surface area contributed by atoms with Crippen LogP contribution >= 0.6 is 0 Å². The molecule has 0 unspecified atom stereocenters. The summed E-state index contributed by atoms with van der Waals surface area (Å²) in [6.45, 7) is 3.59. The van der Waals surface area contributed by atoms with E-state index in [4.69, 9.17) is 9.72 Å². The normalized spacial score (nSPS) is 14.9. The lowest BCUT2D eigenvalue weighted by Gasteiger charge is -2.35. The van der Waals surface area contributed by atoms with Crippen molar-refractivity contribution in [3.05, 3.63) is 78.4 Å². The van der Waals surface area contributed by atoms with Crippen molar-refractivity contribution in [3.8, 4) is 17.1 Å². The first-order chi connectivity index (χ1) is 18.0. The number of fused-ring (bicyclic) bond motifs is 3. The van der Waals surface area contributed by atoms with Crippen LogP contribution in [0.3, 0.4) is 0 Å². The highest BCUT2D eigenvalue weighted by molar-refractivity contribution is 7.89. The molecule has 1 aliphatic rings. The fourth-order valence-corrected chi connectivity index (χ4v) is 6.19. The Balaban J connectivity index is 1.41. The first-order valence-corrected chi connectivity index (χ1v) is 13.5. The van der Waals surface area contributed by atoms with Gasteiger partial charge in [0.15, 0.2) is 11.5 Å². The minimum Gasteiger partial charge on any atom is -0.496 e. The van der Waals surface area contributed by atoms with Crippen molar-refractivity contribution in [2.45, 2.75) is 11.8 Å². The van der Waals surface area contributed by atoms with Gasteiger partial charge in [-0.3, -0.25) is 0 Å². The number of aromatic nitrogens is 4. The monoisotopic (exact) mass is 514 g/mol. The summed E-state index contributed by atoms with van der Waals surface area (Å²) in [5, 5.41) is 9.97. The summed E-state index contributed by atoms with van der Waals surface area (Å²) < 4.78 is 35.6. The maximum absolute atomic E-state index is 13.2. The van der Waals surface area contributed by atoms with E-state index in [1.54, 1.807) is 23.5 Å². The van der Waals surface area contributed by atoms with Gasteiger partial charge >= 0.3 is 0 Å². The first-order valence-electron chi connectivity index (χ1n) is 12.1. The lowest BCUT2D eigenvalue weighted by atomic mass is 10.2. The maximum Gasteiger partial charge on any atom is 0.243 e. The predicted molar refractivity (Wildman–Crippen MR) is 142 cm³/mol. The molecule has 10 heteroatoms. The lowest BCUT2D eigenvalue weighted by Crippen LogP contribution is -2.49. The highest BCUT2D eigenvalue weighted by Gasteiger charge is 2.31. The molecule has 0 N–H and O–H groups in total. The zero-order chi connectivity index (χ0) is 25.6. The van der Waals surface area contributed by atoms with Gasteiger partial charge in [-0.2, -0.15) is 4.31 Å². The number of ether oxygens (including phenoxy) is 1. The van der Waals surface area contributed by atoms with Crippen molar-refractivity contribution >= 4 is 32.5 Å². The second-order valence-electron chi connectivity index (χ2n) is 9.02.